The van der Waals surface area contributed by atoms with E-state index in [9.17, 15) is 9.18 Å². The molecule has 2 heterocycles. The number of hydrogen-bond acceptors (Lipinski definition) is 3. The quantitative estimate of drug-likeness (QED) is 0.422. The topological polar surface area (TPSA) is 54.9 Å². The Kier molecular flexibility index (Phi) is 5.43. The van der Waals surface area contributed by atoms with Crippen molar-refractivity contribution in [1.29, 1.82) is 0 Å². The van der Waals surface area contributed by atoms with E-state index in [2.05, 4.69) is 35.2 Å². The third kappa shape index (κ3) is 3.90. The number of nitrogens with one attached hydrogen (secondary N) is 1. The van der Waals surface area contributed by atoms with Gasteiger partial charge in [-0.2, -0.15) is 0 Å². The fraction of sp³-hybridized carbons (Fsp3) is 0.444. The predicted molar refractivity (Wildman–Crippen MR) is 130 cm³/mol. The van der Waals surface area contributed by atoms with Crippen molar-refractivity contribution in [3.63, 3.8) is 0 Å². The van der Waals surface area contributed by atoms with Gasteiger partial charge in [0.1, 0.15) is 11.0 Å². The van der Waals surface area contributed by atoms with Crippen LogP contribution >= 0.6 is 11.6 Å². The highest BCUT2D eigenvalue weighted by molar-refractivity contribution is 6.29. The Hall–Kier alpha value is -2.53. The standard InChI is InChI=1S/C27H29ClFN3O/c1-16(25(33)32-20-5-7-24(28)31-15-20)17-11-26(2)13-18(14-27(26,3)12-17)21-8-9-30-23-6-4-19(29)10-22(21)23/h4-10,15-18H,11-14H2,1-3H3,(H,32,33)/t16?,17?,18-,26+,27-. The smallest absolute Gasteiger partial charge is 0.227 e. The van der Waals surface area contributed by atoms with Gasteiger partial charge in [-0.05, 0) is 90.3 Å². The van der Waals surface area contributed by atoms with E-state index in [0.717, 1.165) is 36.6 Å². The molecule has 1 N–H and O–H groups in total. The maximum Gasteiger partial charge on any atom is 0.227 e. The first-order chi connectivity index (χ1) is 15.7. The molecule has 2 fully saturated rings. The first-order valence-corrected chi connectivity index (χ1v) is 12.0. The highest BCUT2D eigenvalue weighted by Gasteiger charge is 2.59. The fourth-order valence-electron chi connectivity index (χ4n) is 6.53. The zero-order chi connectivity index (χ0) is 23.4. The molecule has 172 valence electrons. The summed E-state index contributed by atoms with van der Waals surface area (Å²) in [5.74, 6) is 0.422. The molecule has 5 atom stereocenters. The number of pyridine rings is 2. The molecule has 5 rings (SSSR count). The van der Waals surface area contributed by atoms with Crippen LogP contribution in [-0.2, 0) is 4.79 Å². The summed E-state index contributed by atoms with van der Waals surface area (Å²) in [5, 5.41) is 4.33. The number of hydrogen-bond donors (Lipinski definition) is 1. The molecule has 2 saturated carbocycles. The van der Waals surface area contributed by atoms with E-state index >= 15 is 0 Å². The Morgan fingerprint density at radius 3 is 2.48 bits per heavy atom. The Morgan fingerprint density at radius 2 is 1.82 bits per heavy atom. The van der Waals surface area contributed by atoms with Crippen LogP contribution in [0.5, 0.6) is 0 Å². The van der Waals surface area contributed by atoms with Crippen LogP contribution in [0.1, 0.15) is 57.9 Å². The van der Waals surface area contributed by atoms with Gasteiger partial charge in [0.05, 0.1) is 17.4 Å². The number of aromatic nitrogens is 2. The predicted octanol–water partition coefficient (Wildman–Crippen LogP) is 7.00. The van der Waals surface area contributed by atoms with E-state index in [4.69, 9.17) is 11.6 Å². The molecule has 1 aromatic carbocycles. The van der Waals surface area contributed by atoms with Crippen LogP contribution < -0.4 is 5.32 Å². The van der Waals surface area contributed by atoms with Crippen LogP contribution in [0.2, 0.25) is 5.15 Å². The monoisotopic (exact) mass is 465 g/mol. The average Bonchev–Trinajstić information content (AvgIpc) is 3.18. The van der Waals surface area contributed by atoms with Gasteiger partial charge >= 0.3 is 0 Å². The molecule has 2 aliphatic carbocycles. The van der Waals surface area contributed by atoms with Gasteiger partial charge < -0.3 is 5.32 Å². The normalized spacial score (nSPS) is 29.7. The number of anilines is 1. The second kappa shape index (κ2) is 8.05. The molecule has 4 nitrogen and oxygen atoms in total. The third-order valence-electron chi connectivity index (χ3n) is 8.57. The van der Waals surface area contributed by atoms with Crippen molar-refractivity contribution in [2.75, 3.05) is 5.32 Å². The maximum atomic E-state index is 14.0. The van der Waals surface area contributed by atoms with Crippen molar-refractivity contribution < 1.29 is 9.18 Å². The number of halogens is 2. The molecule has 0 bridgehead atoms. The molecule has 0 saturated heterocycles. The van der Waals surface area contributed by atoms with Gasteiger partial charge in [0.25, 0.3) is 0 Å². The molecule has 0 aliphatic heterocycles. The molecule has 0 spiro atoms. The van der Waals surface area contributed by atoms with E-state index in [0.29, 0.717) is 22.7 Å². The van der Waals surface area contributed by atoms with E-state index in [1.165, 1.54) is 11.6 Å². The lowest BCUT2D eigenvalue weighted by molar-refractivity contribution is -0.121. The third-order valence-corrected chi connectivity index (χ3v) is 8.79. The Labute approximate surface area is 199 Å². The average molecular weight is 466 g/mol. The lowest BCUT2D eigenvalue weighted by Crippen LogP contribution is -2.27. The van der Waals surface area contributed by atoms with Crippen molar-refractivity contribution in [3.8, 4) is 0 Å². The van der Waals surface area contributed by atoms with Crippen molar-refractivity contribution in [3.05, 3.63) is 65.3 Å². The van der Waals surface area contributed by atoms with Crippen LogP contribution in [-0.4, -0.2) is 15.9 Å². The highest BCUT2D eigenvalue weighted by atomic mass is 35.5. The highest BCUT2D eigenvalue weighted by Crippen LogP contribution is 2.68. The van der Waals surface area contributed by atoms with E-state index in [-0.39, 0.29) is 28.5 Å². The molecule has 2 unspecified atom stereocenters. The molecule has 2 aliphatic rings. The van der Waals surface area contributed by atoms with Crippen LogP contribution in [0.4, 0.5) is 10.1 Å². The molecular weight excluding hydrogens is 437 g/mol. The Bertz CT molecular complexity index is 1200. The minimum Gasteiger partial charge on any atom is -0.324 e. The number of fused-ring (bicyclic) bond motifs is 2. The molecular formula is C27H29ClFN3O. The van der Waals surface area contributed by atoms with Gasteiger partial charge in [-0.1, -0.05) is 32.4 Å². The number of nitrogens with zero attached hydrogens (tertiary/aromatic N) is 2. The molecule has 1 amide bonds. The van der Waals surface area contributed by atoms with Crippen molar-refractivity contribution in [2.45, 2.75) is 52.4 Å². The molecule has 6 heteroatoms. The van der Waals surface area contributed by atoms with Gasteiger partial charge in [-0.3, -0.25) is 9.78 Å². The van der Waals surface area contributed by atoms with Gasteiger partial charge in [0.15, 0.2) is 0 Å². The van der Waals surface area contributed by atoms with Gasteiger partial charge in [-0.25, -0.2) is 9.37 Å². The number of carbonyl (C=O) groups excluding carboxylic acids is 1. The van der Waals surface area contributed by atoms with E-state index in [1.54, 1.807) is 30.5 Å². The fourth-order valence-corrected chi connectivity index (χ4v) is 6.64. The molecule has 3 aromatic rings. The summed E-state index contributed by atoms with van der Waals surface area (Å²) in [5.41, 5.74) is 3.00. The lowest BCUT2D eigenvalue weighted by atomic mass is 9.71. The second-order valence-electron chi connectivity index (χ2n) is 10.6. The summed E-state index contributed by atoms with van der Waals surface area (Å²) in [6.45, 7) is 6.79. The summed E-state index contributed by atoms with van der Waals surface area (Å²) < 4.78 is 14.0. The van der Waals surface area contributed by atoms with Crippen LogP contribution in [0.15, 0.2) is 48.8 Å². The Balaban J connectivity index is 1.33. The maximum absolute atomic E-state index is 14.0. The minimum absolute atomic E-state index is 0.0310. The van der Waals surface area contributed by atoms with Crippen LogP contribution in [0.3, 0.4) is 0 Å². The number of benzene rings is 1. The summed E-state index contributed by atoms with van der Waals surface area (Å²) in [7, 11) is 0. The molecule has 0 radical (unpaired) electrons. The van der Waals surface area contributed by atoms with Crippen LogP contribution in [0, 0.1) is 28.5 Å². The molecule has 33 heavy (non-hydrogen) atoms. The largest absolute Gasteiger partial charge is 0.324 e. The zero-order valence-corrected chi connectivity index (χ0v) is 20.0. The first-order valence-electron chi connectivity index (χ1n) is 11.6. The zero-order valence-electron chi connectivity index (χ0n) is 19.2. The number of amides is 1. The lowest BCUT2D eigenvalue weighted by Gasteiger charge is -2.34. The first kappa shape index (κ1) is 22.3. The van der Waals surface area contributed by atoms with Gasteiger partial charge in [0.2, 0.25) is 5.91 Å². The minimum atomic E-state index is -0.219. The van der Waals surface area contributed by atoms with Gasteiger partial charge in [0, 0.05) is 17.5 Å². The van der Waals surface area contributed by atoms with Crippen LogP contribution in [0.25, 0.3) is 10.9 Å². The summed E-state index contributed by atoms with van der Waals surface area (Å²) in [4.78, 5) is 21.4. The molecule has 2 aromatic heterocycles. The summed E-state index contributed by atoms with van der Waals surface area (Å²) in [6, 6.07) is 10.4. The number of carbonyl (C=O) groups is 1. The van der Waals surface area contributed by atoms with Gasteiger partial charge in [-0.15, -0.1) is 0 Å². The Morgan fingerprint density at radius 1 is 1.09 bits per heavy atom. The van der Waals surface area contributed by atoms with Crippen molar-refractivity contribution >= 4 is 34.1 Å². The van der Waals surface area contributed by atoms with E-state index < -0.39 is 0 Å². The summed E-state index contributed by atoms with van der Waals surface area (Å²) in [6.07, 6.45) is 7.56. The number of rotatable bonds is 4. The van der Waals surface area contributed by atoms with E-state index in [1.807, 2.05) is 13.1 Å². The SMILES string of the molecule is CC(C(=O)Nc1ccc(Cl)nc1)C1C[C@@]2(C)C[C@@H](c3ccnc4ccc(F)cc34)C[C@@]2(C)C1. The van der Waals surface area contributed by atoms with Crippen molar-refractivity contribution in [2.24, 2.45) is 22.7 Å². The van der Waals surface area contributed by atoms with Crippen molar-refractivity contribution in [1.82, 2.24) is 9.97 Å². The second-order valence-corrected chi connectivity index (χ2v) is 11.0. The summed E-state index contributed by atoms with van der Waals surface area (Å²) >= 11 is 5.85.